The molecule has 206 valence electrons. The Balaban J connectivity index is 1.08. The van der Waals surface area contributed by atoms with Gasteiger partial charge in [-0.05, 0) is 43.2 Å². The van der Waals surface area contributed by atoms with Gasteiger partial charge in [0.25, 0.3) is 5.91 Å². The van der Waals surface area contributed by atoms with Gasteiger partial charge in [-0.25, -0.2) is 15.0 Å². The van der Waals surface area contributed by atoms with Crippen LogP contribution in [0.1, 0.15) is 47.3 Å². The molecule has 2 aliphatic rings. The number of carbonyl (C=O) groups excluding carboxylic acids is 1. The molecule has 1 N–H and O–H groups in total. The van der Waals surface area contributed by atoms with Gasteiger partial charge >= 0.3 is 6.18 Å². The molecule has 3 aromatic rings. The fourth-order valence-electron chi connectivity index (χ4n) is 5.04. The molecule has 2 aromatic heterocycles. The van der Waals surface area contributed by atoms with Gasteiger partial charge in [0.15, 0.2) is 0 Å². The van der Waals surface area contributed by atoms with Crippen LogP contribution in [0.15, 0.2) is 61.2 Å². The molecule has 0 bridgehead atoms. The van der Waals surface area contributed by atoms with E-state index in [0.29, 0.717) is 37.5 Å². The first kappa shape index (κ1) is 26.9. The number of pyridine rings is 1. The van der Waals surface area contributed by atoms with Crippen LogP contribution in [0.4, 0.5) is 18.9 Å². The van der Waals surface area contributed by atoms with Gasteiger partial charge in [0.2, 0.25) is 5.88 Å². The molecule has 4 heterocycles. The number of aromatic nitrogens is 3. The molecule has 11 heteroatoms. The van der Waals surface area contributed by atoms with Gasteiger partial charge in [0, 0.05) is 81.3 Å². The van der Waals surface area contributed by atoms with Crippen molar-refractivity contribution in [1.82, 2.24) is 25.2 Å². The molecule has 0 saturated carbocycles. The SMILES string of the molecule is O=C(NC1CCN(Cc2cncnc2)CC1)c1cccc(OC2CCN(c3ccc(C(F)(F)F)cc3)CC2)n1. The molecule has 2 saturated heterocycles. The Hall–Kier alpha value is -3.73. The molecule has 0 radical (unpaired) electrons. The maximum Gasteiger partial charge on any atom is 0.416 e. The van der Waals surface area contributed by atoms with E-state index in [-0.39, 0.29) is 18.1 Å². The number of nitrogens with zero attached hydrogens (tertiary/aromatic N) is 5. The Morgan fingerprint density at radius 1 is 0.949 bits per heavy atom. The standard InChI is InChI=1S/C28H31F3N6O2/c29-28(30,31)21-4-6-23(7-5-21)37-14-10-24(11-15-37)39-26-3-1-2-25(35-26)27(38)34-22-8-12-36(13-9-22)18-20-16-32-19-33-17-20/h1-7,16-17,19,22,24H,8-15,18H2,(H,34,38). The molecule has 2 aliphatic heterocycles. The maximum absolute atomic E-state index is 12.9. The Morgan fingerprint density at radius 2 is 1.64 bits per heavy atom. The quantitative estimate of drug-likeness (QED) is 0.478. The number of anilines is 1. The second-order valence-electron chi connectivity index (χ2n) is 9.98. The Morgan fingerprint density at radius 3 is 2.31 bits per heavy atom. The molecular formula is C28H31F3N6O2. The van der Waals surface area contributed by atoms with E-state index >= 15 is 0 Å². The number of hydrogen-bond donors (Lipinski definition) is 1. The highest BCUT2D eigenvalue weighted by Gasteiger charge is 2.30. The Labute approximate surface area is 225 Å². The van der Waals surface area contributed by atoms with E-state index in [2.05, 4.69) is 30.1 Å². The number of likely N-dealkylation sites (tertiary alicyclic amines) is 1. The predicted octanol–water partition coefficient (Wildman–Crippen LogP) is 4.33. The minimum atomic E-state index is -4.34. The van der Waals surface area contributed by atoms with Crippen molar-refractivity contribution in [3.8, 4) is 5.88 Å². The lowest BCUT2D eigenvalue weighted by atomic mass is 10.0. The van der Waals surface area contributed by atoms with Crippen LogP contribution >= 0.6 is 0 Å². The predicted molar refractivity (Wildman–Crippen MR) is 139 cm³/mol. The molecule has 0 aliphatic carbocycles. The van der Waals surface area contributed by atoms with E-state index in [1.165, 1.54) is 18.5 Å². The largest absolute Gasteiger partial charge is 0.474 e. The monoisotopic (exact) mass is 540 g/mol. The lowest BCUT2D eigenvalue weighted by Gasteiger charge is -2.33. The van der Waals surface area contributed by atoms with E-state index in [0.717, 1.165) is 55.9 Å². The van der Waals surface area contributed by atoms with Gasteiger partial charge in [-0.2, -0.15) is 13.2 Å². The van der Waals surface area contributed by atoms with Crippen molar-refractivity contribution in [2.75, 3.05) is 31.1 Å². The van der Waals surface area contributed by atoms with Crippen molar-refractivity contribution in [3.05, 3.63) is 78.0 Å². The number of nitrogens with one attached hydrogen (secondary N) is 1. The molecule has 0 spiro atoms. The number of rotatable bonds is 7. The van der Waals surface area contributed by atoms with Crippen LogP contribution in [-0.4, -0.2) is 64.1 Å². The summed E-state index contributed by atoms with van der Waals surface area (Å²) in [6.07, 6.45) is 3.86. The second-order valence-corrected chi connectivity index (χ2v) is 9.98. The van der Waals surface area contributed by atoms with Gasteiger partial charge in [-0.15, -0.1) is 0 Å². The van der Waals surface area contributed by atoms with Gasteiger partial charge in [0.1, 0.15) is 18.1 Å². The van der Waals surface area contributed by atoms with E-state index in [9.17, 15) is 18.0 Å². The van der Waals surface area contributed by atoms with Crippen LogP contribution in [-0.2, 0) is 12.7 Å². The minimum absolute atomic E-state index is 0.0825. The zero-order valence-corrected chi connectivity index (χ0v) is 21.5. The zero-order valence-electron chi connectivity index (χ0n) is 21.5. The molecule has 5 rings (SSSR count). The van der Waals surface area contributed by atoms with Crippen molar-refractivity contribution in [1.29, 1.82) is 0 Å². The van der Waals surface area contributed by atoms with Gasteiger partial charge in [-0.3, -0.25) is 9.69 Å². The van der Waals surface area contributed by atoms with E-state index in [1.807, 2.05) is 12.4 Å². The van der Waals surface area contributed by atoms with Crippen LogP contribution in [0.2, 0.25) is 0 Å². The normalized spacial score (nSPS) is 17.7. The number of carbonyl (C=O) groups is 1. The molecule has 1 amide bonds. The summed E-state index contributed by atoms with van der Waals surface area (Å²) in [5.41, 5.74) is 1.51. The number of halogens is 3. The zero-order chi connectivity index (χ0) is 27.2. The third kappa shape index (κ3) is 7.23. The third-order valence-corrected chi connectivity index (χ3v) is 7.19. The first-order valence-corrected chi connectivity index (χ1v) is 13.2. The van der Waals surface area contributed by atoms with Crippen molar-refractivity contribution in [3.63, 3.8) is 0 Å². The smallest absolute Gasteiger partial charge is 0.416 e. The molecule has 8 nitrogen and oxygen atoms in total. The highest BCUT2D eigenvalue weighted by atomic mass is 19.4. The highest BCUT2D eigenvalue weighted by Crippen LogP contribution is 2.31. The maximum atomic E-state index is 12.9. The summed E-state index contributed by atoms with van der Waals surface area (Å²) in [4.78, 5) is 29.8. The van der Waals surface area contributed by atoms with E-state index in [4.69, 9.17) is 4.74 Å². The summed E-state index contributed by atoms with van der Waals surface area (Å²) in [6.45, 7) is 3.87. The van der Waals surface area contributed by atoms with E-state index in [1.54, 1.807) is 18.2 Å². The number of hydrogen-bond acceptors (Lipinski definition) is 7. The summed E-state index contributed by atoms with van der Waals surface area (Å²) >= 11 is 0. The Kier molecular flexibility index (Phi) is 8.25. The number of alkyl halides is 3. The van der Waals surface area contributed by atoms with Crippen LogP contribution in [0, 0.1) is 0 Å². The number of piperidine rings is 2. The minimum Gasteiger partial charge on any atom is -0.474 e. The molecular weight excluding hydrogens is 509 g/mol. The van der Waals surface area contributed by atoms with Gasteiger partial charge in [0.05, 0.1) is 5.56 Å². The average molecular weight is 541 g/mol. The fourth-order valence-corrected chi connectivity index (χ4v) is 5.04. The lowest BCUT2D eigenvalue weighted by molar-refractivity contribution is -0.137. The van der Waals surface area contributed by atoms with Crippen LogP contribution in [0.5, 0.6) is 5.88 Å². The summed E-state index contributed by atoms with van der Waals surface area (Å²) in [6, 6.07) is 10.5. The molecule has 39 heavy (non-hydrogen) atoms. The van der Waals surface area contributed by atoms with Gasteiger partial charge < -0.3 is 15.0 Å². The topological polar surface area (TPSA) is 83.5 Å². The Bertz CT molecular complexity index is 1230. The number of amides is 1. The first-order chi connectivity index (χ1) is 18.8. The first-order valence-electron chi connectivity index (χ1n) is 13.2. The summed E-state index contributed by atoms with van der Waals surface area (Å²) < 4.78 is 44.6. The van der Waals surface area contributed by atoms with Crippen LogP contribution in [0.3, 0.4) is 0 Å². The summed E-state index contributed by atoms with van der Waals surface area (Å²) in [5, 5.41) is 3.10. The molecule has 2 fully saturated rings. The summed E-state index contributed by atoms with van der Waals surface area (Å²) in [7, 11) is 0. The van der Waals surface area contributed by atoms with Gasteiger partial charge in [-0.1, -0.05) is 6.07 Å². The van der Waals surface area contributed by atoms with Crippen LogP contribution < -0.4 is 15.0 Å². The van der Waals surface area contributed by atoms with Crippen molar-refractivity contribution >= 4 is 11.6 Å². The summed E-state index contributed by atoms with van der Waals surface area (Å²) in [5.74, 6) is 0.183. The van der Waals surface area contributed by atoms with E-state index < -0.39 is 11.7 Å². The highest BCUT2D eigenvalue weighted by molar-refractivity contribution is 5.92. The molecule has 0 unspecified atom stereocenters. The van der Waals surface area contributed by atoms with Crippen LogP contribution in [0.25, 0.3) is 0 Å². The fraction of sp³-hybridized carbons (Fsp3) is 0.429. The molecule has 0 atom stereocenters. The van der Waals surface area contributed by atoms with Crippen molar-refractivity contribution in [2.45, 2.75) is 50.6 Å². The van der Waals surface area contributed by atoms with Crippen molar-refractivity contribution in [2.24, 2.45) is 0 Å². The number of ether oxygens (including phenoxy) is 1. The lowest BCUT2D eigenvalue weighted by Crippen LogP contribution is -2.44. The number of benzene rings is 1. The third-order valence-electron chi connectivity index (χ3n) is 7.19. The van der Waals surface area contributed by atoms with Crippen molar-refractivity contribution < 1.29 is 22.7 Å². The molecule has 1 aromatic carbocycles. The average Bonchev–Trinajstić information content (AvgIpc) is 2.95. The second kappa shape index (κ2) is 12.0.